The molecule has 0 aliphatic heterocycles. The van der Waals surface area contributed by atoms with E-state index in [4.69, 9.17) is 0 Å². The summed E-state index contributed by atoms with van der Waals surface area (Å²) < 4.78 is 13.6. The van der Waals surface area contributed by atoms with E-state index in [1.165, 1.54) is 6.07 Å². The highest BCUT2D eigenvalue weighted by molar-refractivity contribution is 9.10. The van der Waals surface area contributed by atoms with Gasteiger partial charge in [-0.25, -0.2) is 4.39 Å². The monoisotopic (exact) mass is 308 g/mol. The molecule has 0 amide bonds. The van der Waals surface area contributed by atoms with Gasteiger partial charge in [0.25, 0.3) is 0 Å². The number of hydrogen-bond donors (Lipinski definition) is 1. The summed E-state index contributed by atoms with van der Waals surface area (Å²) in [4.78, 5) is 4.09. The van der Waals surface area contributed by atoms with E-state index < -0.39 is 0 Å². The van der Waals surface area contributed by atoms with E-state index in [1.54, 1.807) is 18.3 Å². The maximum atomic E-state index is 13.1. The second kappa shape index (κ2) is 6.07. The Balaban J connectivity index is 1.97. The number of benzene rings is 1. The third-order valence-electron chi connectivity index (χ3n) is 2.78. The Hall–Kier alpha value is -1.26. The van der Waals surface area contributed by atoms with Gasteiger partial charge in [-0.1, -0.05) is 12.1 Å². The van der Waals surface area contributed by atoms with Crippen molar-refractivity contribution in [2.24, 2.45) is 0 Å². The number of hydrogen-bond acceptors (Lipinski definition) is 2. The summed E-state index contributed by atoms with van der Waals surface area (Å²) in [5.74, 6) is -0.237. The fraction of sp³-hybridized carbons (Fsp3) is 0.214. The standard InChI is InChI=1S/C14H14BrFN2/c1-10(12-3-2-6-17-9-12)18-8-11-4-5-14(16)13(15)7-11/h2-7,9-10,18H,8H2,1H3. The van der Waals surface area contributed by atoms with Crippen LogP contribution in [0.15, 0.2) is 47.2 Å². The molecule has 1 aromatic carbocycles. The van der Waals surface area contributed by atoms with Crippen molar-refractivity contribution in [3.63, 3.8) is 0 Å². The second-order valence-corrected chi connectivity index (χ2v) is 4.99. The topological polar surface area (TPSA) is 24.9 Å². The lowest BCUT2D eigenvalue weighted by Gasteiger charge is -2.14. The summed E-state index contributed by atoms with van der Waals surface area (Å²) >= 11 is 3.19. The third-order valence-corrected chi connectivity index (χ3v) is 3.39. The van der Waals surface area contributed by atoms with Gasteiger partial charge >= 0.3 is 0 Å². The lowest BCUT2D eigenvalue weighted by Crippen LogP contribution is -2.18. The van der Waals surface area contributed by atoms with E-state index >= 15 is 0 Å². The van der Waals surface area contributed by atoms with Crippen molar-refractivity contribution in [3.8, 4) is 0 Å². The van der Waals surface area contributed by atoms with Gasteiger partial charge in [0, 0.05) is 25.0 Å². The van der Waals surface area contributed by atoms with Crippen molar-refractivity contribution in [1.82, 2.24) is 10.3 Å². The average molecular weight is 309 g/mol. The molecule has 1 atom stereocenters. The molecule has 2 rings (SSSR count). The summed E-state index contributed by atoms with van der Waals surface area (Å²) in [6.07, 6.45) is 3.60. The van der Waals surface area contributed by atoms with Crippen LogP contribution in [0, 0.1) is 5.82 Å². The van der Waals surface area contributed by atoms with Crippen LogP contribution in [0.1, 0.15) is 24.1 Å². The molecule has 0 aliphatic carbocycles. The van der Waals surface area contributed by atoms with Gasteiger partial charge in [0.05, 0.1) is 4.47 Å². The van der Waals surface area contributed by atoms with E-state index in [0.717, 1.165) is 11.1 Å². The first-order valence-corrected chi connectivity index (χ1v) is 6.53. The minimum atomic E-state index is -0.237. The van der Waals surface area contributed by atoms with E-state index in [9.17, 15) is 4.39 Å². The summed E-state index contributed by atoms with van der Waals surface area (Å²) in [6, 6.07) is 9.20. The molecule has 0 fully saturated rings. The van der Waals surface area contributed by atoms with E-state index in [1.807, 2.05) is 18.3 Å². The van der Waals surface area contributed by atoms with Gasteiger partial charge < -0.3 is 5.32 Å². The second-order valence-electron chi connectivity index (χ2n) is 4.14. The van der Waals surface area contributed by atoms with Gasteiger partial charge in [0.1, 0.15) is 5.82 Å². The van der Waals surface area contributed by atoms with Gasteiger partial charge in [0.2, 0.25) is 0 Å². The predicted octanol–water partition coefficient (Wildman–Crippen LogP) is 3.83. The van der Waals surface area contributed by atoms with E-state index in [0.29, 0.717) is 11.0 Å². The zero-order chi connectivity index (χ0) is 13.0. The fourth-order valence-corrected chi connectivity index (χ4v) is 2.10. The highest BCUT2D eigenvalue weighted by Gasteiger charge is 2.05. The molecule has 4 heteroatoms. The molecule has 0 saturated heterocycles. The summed E-state index contributed by atoms with van der Waals surface area (Å²) in [5.41, 5.74) is 2.18. The van der Waals surface area contributed by atoms with Crippen molar-refractivity contribution in [3.05, 3.63) is 64.1 Å². The summed E-state index contributed by atoms with van der Waals surface area (Å²) in [7, 11) is 0. The zero-order valence-electron chi connectivity index (χ0n) is 10.0. The van der Waals surface area contributed by atoms with Crippen molar-refractivity contribution < 1.29 is 4.39 Å². The molecule has 0 spiro atoms. The molecule has 0 bridgehead atoms. The minimum Gasteiger partial charge on any atom is -0.306 e. The molecule has 1 N–H and O–H groups in total. The first-order valence-electron chi connectivity index (χ1n) is 5.74. The predicted molar refractivity (Wildman–Crippen MR) is 73.6 cm³/mol. The van der Waals surface area contributed by atoms with Crippen LogP contribution in [-0.2, 0) is 6.54 Å². The highest BCUT2D eigenvalue weighted by Crippen LogP contribution is 2.17. The Bertz CT molecular complexity index is 516. The van der Waals surface area contributed by atoms with Crippen LogP contribution in [0.3, 0.4) is 0 Å². The largest absolute Gasteiger partial charge is 0.306 e. The minimum absolute atomic E-state index is 0.211. The number of nitrogens with zero attached hydrogens (tertiary/aromatic N) is 1. The van der Waals surface area contributed by atoms with Gasteiger partial charge in [-0.3, -0.25) is 4.98 Å². The van der Waals surface area contributed by atoms with Crippen LogP contribution in [0.2, 0.25) is 0 Å². The van der Waals surface area contributed by atoms with Crippen molar-refractivity contribution in [2.45, 2.75) is 19.5 Å². The van der Waals surface area contributed by atoms with Crippen LogP contribution >= 0.6 is 15.9 Å². The Morgan fingerprint density at radius 1 is 1.39 bits per heavy atom. The molecule has 18 heavy (non-hydrogen) atoms. The summed E-state index contributed by atoms with van der Waals surface area (Å²) in [6.45, 7) is 2.77. The maximum Gasteiger partial charge on any atom is 0.137 e. The Morgan fingerprint density at radius 2 is 2.22 bits per heavy atom. The van der Waals surface area contributed by atoms with Crippen LogP contribution < -0.4 is 5.32 Å². The molecule has 94 valence electrons. The maximum absolute atomic E-state index is 13.1. The summed E-state index contributed by atoms with van der Waals surface area (Å²) in [5, 5.41) is 3.38. The zero-order valence-corrected chi connectivity index (χ0v) is 11.6. The van der Waals surface area contributed by atoms with Gasteiger partial charge in [0.15, 0.2) is 0 Å². The number of halogens is 2. The van der Waals surface area contributed by atoms with Crippen LogP contribution in [-0.4, -0.2) is 4.98 Å². The first-order chi connectivity index (χ1) is 8.66. The van der Waals surface area contributed by atoms with Gasteiger partial charge in [-0.15, -0.1) is 0 Å². The molecule has 0 aliphatic rings. The van der Waals surface area contributed by atoms with Crippen molar-refractivity contribution >= 4 is 15.9 Å². The molecule has 0 radical (unpaired) electrons. The van der Waals surface area contributed by atoms with Crippen LogP contribution in [0.5, 0.6) is 0 Å². The molecule has 2 nitrogen and oxygen atoms in total. The van der Waals surface area contributed by atoms with Crippen molar-refractivity contribution in [1.29, 1.82) is 0 Å². The Labute approximate surface area is 114 Å². The lowest BCUT2D eigenvalue weighted by molar-refractivity contribution is 0.570. The molecule has 0 saturated carbocycles. The SMILES string of the molecule is CC(NCc1ccc(F)c(Br)c1)c1cccnc1. The number of nitrogens with one attached hydrogen (secondary N) is 1. The number of rotatable bonds is 4. The molecular weight excluding hydrogens is 295 g/mol. The quantitative estimate of drug-likeness (QED) is 0.928. The number of pyridine rings is 1. The van der Waals surface area contributed by atoms with E-state index in [-0.39, 0.29) is 11.9 Å². The highest BCUT2D eigenvalue weighted by atomic mass is 79.9. The molecule has 1 heterocycles. The molecule has 2 aromatic rings. The first kappa shape index (κ1) is 13.2. The fourth-order valence-electron chi connectivity index (χ4n) is 1.67. The molecular formula is C14H14BrFN2. The molecule has 1 unspecified atom stereocenters. The number of aromatic nitrogens is 1. The van der Waals surface area contributed by atoms with E-state index in [2.05, 4.69) is 33.2 Å². The average Bonchev–Trinajstić information content (AvgIpc) is 2.41. The normalized spacial score (nSPS) is 12.4. The third kappa shape index (κ3) is 3.37. The van der Waals surface area contributed by atoms with Crippen LogP contribution in [0.25, 0.3) is 0 Å². The Morgan fingerprint density at radius 3 is 2.89 bits per heavy atom. The Kier molecular flexibility index (Phi) is 4.44. The lowest BCUT2D eigenvalue weighted by atomic mass is 10.1. The van der Waals surface area contributed by atoms with Crippen LogP contribution in [0.4, 0.5) is 4.39 Å². The smallest absolute Gasteiger partial charge is 0.137 e. The van der Waals surface area contributed by atoms with Gasteiger partial charge in [-0.2, -0.15) is 0 Å². The van der Waals surface area contributed by atoms with Crippen molar-refractivity contribution in [2.75, 3.05) is 0 Å². The molecule has 1 aromatic heterocycles. The van der Waals surface area contributed by atoms with Gasteiger partial charge in [-0.05, 0) is 52.2 Å².